The molecule has 4 heteroatoms. The Morgan fingerprint density at radius 3 is 2.81 bits per heavy atom. The molecule has 0 heterocycles. The van der Waals surface area contributed by atoms with E-state index in [1.54, 1.807) is 25.1 Å². The first-order chi connectivity index (χ1) is 7.65. The van der Waals surface area contributed by atoms with Gasteiger partial charge in [0.05, 0.1) is 6.61 Å². The highest BCUT2D eigenvalue weighted by Gasteiger charge is 2.09. The monoisotopic (exact) mass is 240 g/mol. The summed E-state index contributed by atoms with van der Waals surface area (Å²) in [7, 11) is 0. The zero-order valence-electron chi connectivity index (χ0n) is 9.03. The maximum atomic E-state index is 13.2. The molecule has 0 atom stereocenters. The lowest BCUT2D eigenvalue weighted by atomic mass is 10.3. The summed E-state index contributed by atoms with van der Waals surface area (Å²) < 4.78 is 18.0. The predicted octanol–water partition coefficient (Wildman–Crippen LogP) is 3.04. The maximum Gasteiger partial charge on any atom is 0.334 e. The first kappa shape index (κ1) is 12.8. The molecule has 0 saturated carbocycles. The van der Waals surface area contributed by atoms with Gasteiger partial charge in [-0.1, -0.05) is 18.7 Å². The van der Waals surface area contributed by atoms with Gasteiger partial charge in [0.25, 0.3) is 0 Å². The lowest BCUT2D eigenvalue weighted by Crippen LogP contribution is -2.08. The molecular formula is C12H13FO2S. The van der Waals surface area contributed by atoms with Gasteiger partial charge in [-0.3, -0.25) is 0 Å². The van der Waals surface area contributed by atoms with Crippen molar-refractivity contribution in [1.29, 1.82) is 0 Å². The van der Waals surface area contributed by atoms with Gasteiger partial charge in [0.15, 0.2) is 0 Å². The number of ether oxygens (including phenoxy) is 1. The summed E-state index contributed by atoms with van der Waals surface area (Å²) in [5.74, 6) is -0.379. The van der Waals surface area contributed by atoms with Crippen LogP contribution in [0.4, 0.5) is 4.39 Å². The number of halogens is 1. The van der Waals surface area contributed by atoms with E-state index in [0.717, 1.165) is 0 Å². The van der Waals surface area contributed by atoms with Crippen LogP contribution in [0.2, 0.25) is 0 Å². The zero-order valence-corrected chi connectivity index (χ0v) is 9.85. The van der Waals surface area contributed by atoms with Crippen molar-refractivity contribution in [3.05, 3.63) is 42.2 Å². The second-order valence-corrected chi connectivity index (χ2v) is 4.06. The van der Waals surface area contributed by atoms with Crippen LogP contribution in [-0.2, 0) is 9.53 Å². The minimum Gasteiger partial charge on any atom is -0.463 e. The van der Waals surface area contributed by atoms with Crippen LogP contribution in [0.25, 0.3) is 0 Å². The summed E-state index contributed by atoms with van der Waals surface area (Å²) >= 11 is 1.23. The Labute approximate surface area is 98.5 Å². The van der Waals surface area contributed by atoms with Crippen LogP contribution >= 0.6 is 11.8 Å². The van der Waals surface area contributed by atoms with Crippen molar-refractivity contribution in [2.45, 2.75) is 11.8 Å². The van der Waals surface area contributed by atoms with E-state index in [9.17, 15) is 9.18 Å². The Morgan fingerprint density at radius 2 is 2.19 bits per heavy atom. The minimum absolute atomic E-state index is 0.288. The largest absolute Gasteiger partial charge is 0.463 e. The molecule has 16 heavy (non-hydrogen) atoms. The molecule has 1 aromatic rings. The van der Waals surface area contributed by atoms with Crippen LogP contribution in [0, 0.1) is 5.82 Å². The van der Waals surface area contributed by atoms with Crippen molar-refractivity contribution in [1.82, 2.24) is 0 Å². The summed E-state index contributed by atoms with van der Waals surface area (Å²) in [6.45, 7) is 5.65. The molecule has 0 aliphatic rings. The van der Waals surface area contributed by atoms with Gasteiger partial charge in [-0.25, -0.2) is 9.18 Å². The fourth-order valence-corrected chi connectivity index (χ4v) is 1.85. The van der Waals surface area contributed by atoms with E-state index in [4.69, 9.17) is 4.74 Å². The number of carbonyl (C=O) groups excluding carboxylic acids is 1. The van der Waals surface area contributed by atoms with Crippen LogP contribution in [0.1, 0.15) is 6.92 Å². The highest BCUT2D eigenvalue weighted by Crippen LogP contribution is 2.23. The van der Waals surface area contributed by atoms with E-state index in [-0.39, 0.29) is 5.82 Å². The third-order valence-electron chi connectivity index (χ3n) is 1.80. The van der Waals surface area contributed by atoms with Crippen molar-refractivity contribution in [3.63, 3.8) is 0 Å². The second kappa shape index (κ2) is 6.33. The Bertz CT molecular complexity index is 390. The number of hydrogen-bond acceptors (Lipinski definition) is 3. The number of thioether (sulfide) groups is 1. The Kier molecular flexibility index (Phi) is 5.05. The standard InChI is InChI=1S/C12H13FO2S/c1-3-15-12(14)9(2)8-16-11-7-5-4-6-10(11)13/h4-7H,2-3,8H2,1H3. The zero-order chi connectivity index (χ0) is 12.0. The van der Waals surface area contributed by atoms with E-state index in [2.05, 4.69) is 6.58 Å². The van der Waals surface area contributed by atoms with Crippen molar-refractivity contribution < 1.29 is 13.9 Å². The second-order valence-electron chi connectivity index (χ2n) is 3.04. The highest BCUT2D eigenvalue weighted by atomic mass is 32.2. The Hall–Kier alpha value is -1.29. The molecule has 0 spiro atoms. The number of carbonyl (C=O) groups is 1. The average Bonchev–Trinajstić information content (AvgIpc) is 2.28. The van der Waals surface area contributed by atoms with E-state index in [1.165, 1.54) is 17.8 Å². The maximum absolute atomic E-state index is 13.2. The molecule has 0 radical (unpaired) electrons. The van der Waals surface area contributed by atoms with E-state index in [1.807, 2.05) is 0 Å². The molecule has 0 amide bonds. The lowest BCUT2D eigenvalue weighted by Gasteiger charge is -2.05. The van der Waals surface area contributed by atoms with Gasteiger partial charge in [0.1, 0.15) is 5.82 Å². The number of esters is 1. The predicted molar refractivity (Wildman–Crippen MR) is 62.9 cm³/mol. The SMILES string of the molecule is C=C(CSc1ccccc1F)C(=O)OCC. The Morgan fingerprint density at radius 1 is 1.50 bits per heavy atom. The van der Waals surface area contributed by atoms with Gasteiger partial charge in [0.2, 0.25) is 0 Å². The topological polar surface area (TPSA) is 26.3 Å². The third-order valence-corrected chi connectivity index (χ3v) is 2.94. The van der Waals surface area contributed by atoms with Gasteiger partial charge in [-0.2, -0.15) is 0 Å². The van der Waals surface area contributed by atoms with Gasteiger partial charge in [-0.15, -0.1) is 11.8 Å². The highest BCUT2D eigenvalue weighted by molar-refractivity contribution is 7.99. The first-order valence-corrected chi connectivity index (χ1v) is 5.86. The van der Waals surface area contributed by atoms with Crippen LogP contribution in [-0.4, -0.2) is 18.3 Å². The van der Waals surface area contributed by atoms with Gasteiger partial charge < -0.3 is 4.74 Å². The molecule has 0 bridgehead atoms. The number of hydrogen-bond donors (Lipinski definition) is 0. The number of benzene rings is 1. The molecule has 0 aliphatic carbocycles. The van der Waals surface area contributed by atoms with E-state index >= 15 is 0 Å². The van der Waals surface area contributed by atoms with Crippen LogP contribution in [0.5, 0.6) is 0 Å². The molecule has 0 aromatic heterocycles. The van der Waals surface area contributed by atoms with Crippen LogP contribution in [0.15, 0.2) is 41.3 Å². The minimum atomic E-state index is -0.425. The lowest BCUT2D eigenvalue weighted by molar-refractivity contribution is -0.138. The molecule has 0 aliphatic heterocycles. The molecule has 86 valence electrons. The normalized spacial score (nSPS) is 9.88. The fourth-order valence-electron chi connectivity index (χ4n) is 1.02. The summed E-state index contributed by atoms with van der Waals surface area (Å²) in [4.78, 5) is 11.7. The van der Waals surface area contributed by atoms with Crippen LogP contribution in [0.3, 0.4) is 0 Å². The van der Waals surface area contributed by atoms with E-state index in [0.29, 0.717) is 22.8 Å². The summed E-state index contributed by atoms with van der Waals surface area (Å²) in [6.07, 6.45) is 0. The molecule has 0 unspecified atom stereocenters. The average molecular weight is 240 g/mol. The quantitative estimate of drug-likeness (QED) is 0.449. The fraction of sp³-hybridized carbons (Fsp3) is 0.250. The van der Waals surface area contributed by atoms with Crippen molar-refractivity contribution >= 4 is 17.7 Å². The third kappa shape index (κ3) is 3.70. The summed E-state index contributed by atoms with van der Waals surface area (Å²) in [6, 6.07) is 6.42. The molecule has 2 nitrogen and oxygen atoms in total. The first-order valence-electron chi connectivity index (χ1n) is 4.87. The van der Waals surface area contributed by atoms with Gasteiger partial charge >= 0.3 is 5.97 Å². The van der Waals surface area contributed by atoms with Gasteiger partial charge in [0, 0.05) is 16.2 Å². The Balaban J connectivity index is 2.49. The number of rotatable bonds is 5. The smallest absolute Gasteiger partial charge is 0.334 e. The van der Waals surface area contributed by atoms with Crippen LogP contribution < -0.4 is 0 Å². The van der Waals surface area contributed by atoms with Crippen molar-refractivity contribution in [2.75, 3.05) is 12.4 Å². The van der Waals surface area contributed by atoms with Crippen molar-refractivity contribution in [2.24, 2.45) is 0 Å². The van der Waals surface area contributed by atoms with Gasteiger partial charge in [-0.05, 0) is 19.1 Å². The molecule has 0 fully saturated rings. The molecule has 0 saturated heterocycles. The summed E-state index contributed by atoms with van der Waals surface area (Å²) in [5.41, 5.74) is 0.343. The molecule has 1 rings (SSSR count). The van der Waals surface area contributed by atoms with E-state index < -0.39 is 5.97 Å². The molecule has 1 aromatic carbocycles. The summed E-state index contributed by atoms with van der Waals surface area (Å²) in [5, 5.41) is 0. The molecule has 0 N–H and O–H groups in total. The van der Waals surface area contributed by atoms with Crippen molar-refractivity contribution in [3.8, 4) is 0 Å². The molecular weight excluding hydrogens is 227 g/mol.